The van der Waals surface area contributed by atoms with Gasteiger partial charge in [0.05, 0.1) is 5.56 Å². The molecular weight excluding hydrogens is 379 g/mol. The lowest BCUT2D eigenvalue weighted by Gasteiger charge is -2.11. The van der Waals surface area contributed by atoms with Gasteiger partial charge in [0, 0.05) is 9.26 Å². The number of para-hydroxylation sites is 1. The van der Waals surface area contributed by atoms with Gasteiger partial charge in [0.15, 0.2) is 0 Å². The van der Waals surface area contributed by atoms with Crippen molar-refractivity contribution in [2.24, 2.45) is 0 Å². The summed E-state index contributed by atoms with van der Waals surface area (Å²) < 4.78 is 29.9. The molecule has 0 aromatic heterocycles. The van der Waals surface area contributed by atoms with Crippen molar-refractivity contribution in [2.75, 3.05) is 5.32 Å². The van der Waals surface area contributed by atoms with E-state index in [0.29, 0.717) is 5.69 Å². The molecule has 0 heterocycles. The summed E-state index contributed by atoms with van der Waals surface area (Å²) in [4.78, 5) is 12.1. The fourth-order valence-corrected chi connectivity index (χ4v) is 2.16. The number of rotatable bonds is 4. The Labute approximate surface area is 128 Å². The first-order valence-electron chi connectivity index (χ1n) is 5.67. The highest BCUT2D eigenvalue weighted by Gasteiger charge is 2.15. The van der Waals surface area contributed by atoms with Crippen molar-refractivity contribution in [3.8, 4) is 5.75 Å². The topological polar surface area (TPSA) is 38.3 Å². The van der Waals surface area contributed by atoms with E-state index in [9.17, 15) is 13.6 Å². The Balaban J connectivity index is 2.21. The zero-order valence-electron chi connectivity index (χ0n) is 10.1. The molecule has 0 radical (unpaired) electrons. The third kappa shape index (κ3) is 3.89. The lowest BCUT2D eigenvalue weighted by Crippen LogP contribution is -2.15. The largest absolute Gasteiger partial charge is 0.434 e. The van der Waals surface area contributed by atoms with E-state index in [1.807, 2.05) is 6.07 Å². The first kappa shape index (κ1) is 14.7. The molecule has 3 nitrogen and oxygen atoms in total. The molecule has 0 saturated heterocycles. The second-order valence-corrected chi connectivity index (χ2v) is 5.08. The number of anilines is 1. The van der Waals surface area contributed by atoms with Crippen LogP contribution in [0.1, 0.15) is 10.4 Å². The molecule has 20 heavy (non-hydrogen) atoms. The maximum atomic E-state index is 12.3. The summed E-state index contributed by atoms with van der Waals surface area (Å²) in [5.74, 6) is -0.645. The van der Waals surface area contributed by atoms with Crippen LogP contribution in [0, 0.1) is 3.57 Å². The van der Waals surface area contributed by atoms with Crippen LogP contribution in [-0.4, -0.2) is 12.5 Å². The molecule has 1 N–H and O–H groups in total. The maximum absolute atomic E-state index is 12.3. The Morgan fingerprint density at radius 1 is 1.15 bits per heavy atom. The molecule has 0 fully saturated rings. The lowest BCUT2D eigenvalue weighted by molar-refractivity contribution is -0.0501. The van der Waals surface area contributed by atoms with E-state index in [0.717, 1.165) is 3.57 Å². The molecule has 2 aromatic carbocycles. The predicted octanol–water partition coefficient (Wildman–Crippen LogP) is 4.14. The van der Waals surface area contributed by atoms with E-state index < -0.39 is 12.5 Å². The fourth-order valence-electron chi connectivity index (χ4n) is 1.62. The van der Waals surface area contributed by atoms with Crippen LogP contribution in [0.3, 0.4) is 0 Å². The molecule has 0 atom stereocenters. The van der Waals surface area contributed by atoms with Gasteiger partial charge in [-0.2, -0.15) is 8.78 Å². The van der Waals surface area contributed by atoms with Crippen LogP contribution in [0.15, 0.2) is 48.5 Å². The van der Waals surface area contributed by atoms with E-state index in [1.54, 1.807) is 24.3 Å². The van der Waals surface area contributed by atoms with Crippen LogP contribution in [0.2, 0.25) is 0 Å². The molecule has 2 rings (SSSR count). The Bertz CT molecular complexity index is 620. The van der Waals surface area contributed by atoms with Crippen LogP contribution in [0.25, 0.3) is 0 Å². The van der Waals surface area contributed by atoms with Crippen molar-refractivity contribution in [1.29, 1.82) is 0 Å². The van der Waals surface area contributed by atoms with Gasteiger partial charge in [-0.25, -0.2) is 0 Å². The van der Waals surface area contributed by atoms with Crippen molar-refractivity contribution in [3.63, 3.8) is 0 Å². The second-order valence-electron chi connectivity index (χ2n) is 3.84. The molecule has 0 aliphatic heterocycles. The summed E-state index contributed by atoms with van der Waals surface area (Å²) in [5, 5.41) is 2.64. The predicted molar refractivity (Wildman–Crippen MR) is 80.2 cm³/mol. The standard InChI is InChI=1S/C14H10F2INO2/c15-14(16)20-12-7-2-1-6-11(12)13(19)18-10-5-3-4-9(17)8-10/h1-8,14H,(H,18,19). The van der Waals surface area contributed by atoms with E-state index in [-0.39, 0.29) is 11.3 Å². The molecule has 1 amide bonds. The highest BCUT2D eigenvalue weighted by molar-refractivity contribution is 14.1. The normalized spacial score (nSPS) is 10.4. The third-order valence-corrected chi connectivity index (χ3v) is 3.10. The summed E-state index contributed by atoms with van der Waals surface area (Å²) in [7, 11) is 0. The van der Waals surface area contributed by atoms with E-state index in [2.05, 4.69) is 32.6 Å². The van der Waals surface area contributed by atoms with Crippen LogP contribution in [-0.2, 0) is 0 Å². The summed E-state index contributed by atoms with van der Waals surface area (Å²) in [6.07, 6.45) is 0. The van der Waals surface area contributed by atoms with Crippen LogP contribution >= 0.6 is 22.6 Å². The monoisotopic (exact) mass is 389 g/mol. The molecule has 0 spiro atoms. The highest BCUT2D eigenvalue weighted by atomic mass is 127. The number of hydrogen-bond donors (Lipinski definition) is 1. The third-order valence-electron chi connectivity index (χ3n) is 2.43. The number of hydrogen-bond acceptors (Lipinski definition) is 2. The Morgan fingerprint density at radius 3 is 2.60 bits per heavy atom. The average Bonchev–Trinajstić information content (AvgIpc) is 2.38. The maximum Gasteiger partial charge on any atom is 0.387 e. The summed E-state index contributed by atoms with van der Waals surface area (Å²) in [5.41, 5.74) is 0.653. The summed E-state index contributed by atoms with van der Waals surface area (Å²) in [6, 6.07) is 13.0. The first-order chi connectivity index (χ1) is 9.56. The van der Waals surface area contributed by atoms with Gasteiger partial charge in [0.25, 0.3) is 5.91 Å². The SMILES string of the molecule is O=C(Nc1cccc(I)c1)c1ccccc1OC(F)F. The summed E-state index contributed by atoms with van der Waals surface area (Å²) >= 11 is 2.11. The van der Waals surface area contributed by atoms with Gasteiger partial charge in [0.1, 0.15) is 5.75 Å². The minimum atomic E-state index is -2.97. The molecular formula is C14H10F2INO2. The van der Waals surface area contributed by atoms with Crippen molar-refractivity contribution in [2.45, 2.75) is 6.61 Å². The van der Waals surface area contributed by atoms with Gasteiger partial charge < -0.3 is 10.1 Å². The van der Waals surface area contributed by atoms with Crippen molar-refractivity contribution >= 4 is 34.2 Å². The van der Waals surface area contributed by atoms with Crippen LogP contribution in [0.4, 0.5) is 14.5 Å². The number of carbonyl (C=O) groups excluding carboxylic acids is 1. The molecule has 0 saturated carbocycles. The number of amides is 1. The van der Waals surface area contributed by atoms with Gasteiger partial charge in [-0.05, 0) is 52.9 Å². The van der Waals surface area contributed by atoms with Gasteiger partial charge in [-0.1, -0.05) is 18.2 Å². The molecule has 0 aliphatic rings. The molecule has 0 bridgehead atoms. The molecule has 0 aliphatic carbocycles. The lowest BCUT2D eigenvalue weighted by atomic mass is 10.2. The quantitative estimate of drug-likeness (QED) is 0.799. The molecule has 104 valence electrons. The van der Waals surface area contributed by atoms with Gasteiger partial charge in [-0.15, -0.1) is 0 Å². The Kier molecular flexibility index (Phi) is 4.89. The smallest absolute Gasteiger partial charge is 0.387 e. The van der Waals surface area contributed by atoms with Crippen LogP contribution < -0.4 is 10.1 Å². The van der Waals surface area contributed by atoms with Gasteiger partial charge in [-0.3, -0.25) is 4.79 Å². The van der Waals surface area contributed by atoms with Gasteiger partial charge >= 0.3 is 6.61 Å². The Hall–Kier alpha value is -1.70. The first-order valence-corrected chi connectivity index (χ1v) is 6.75. The minimum Gasteiger partial charge on any atom is -0.434 e. The molecule has 0 unspecified atom stereocenters. The number of ether oxygens (including phenoxy) is 1. The zero-order valence-corrected chi connectivity index (χ0v) is 12.3. The summed E-state index contributed by atoms with van der Waals surface area (Å²) in [6.45, 7) is -2.97. The van der Waals surface area contributed by atoms with Crippen molar-refractivity contribution in [1.82, 2.24) is 0 Å². The van der Waals surface area contributed by atoms with E-state index >= 15 is 0 Å². The number of benzene rings is 2. The Morgan fingerprint density at radius 2 is 1.90 bits per heavy atom. The zero-order chi connectivity index (χ0) is 14.5. The minimum absolute atomic E-state index is 0.0617. The number of nitrogens with one attached hydrogen (secondary N) is 1. The average molecular weight is 389 g/mol. The van der Waals surface area contributed by atoms with Crippen molar-refractivity contribution < 1.29 is 18.3 Å². The number of halogens is 3. The highest BCUT2D eigenvalue weighted by Crippen LogP contribution is 2.22. The molecule has 6 heteroatoms. The van der Waals surface area contributed by atoms with Gasteiger partial charge in [0.2, 0.25) is 0 Å². The number of carbonyl (C=O) groups is 1. The number of alkyl halides is 2. The molecule has 2 aromatic rings. The fraction of sp³-hybridized carbons (Fsp3) is 0.0714. The van der Waals surface area contributed by atoms with E-state index in [1.165, 1.54) is 18.2 Å². The second kappa shape index (κ2) is 6.65. The van der Waals surface area contributed by atoms with E-state index in [4.69, 9.17) is 0 Å². The van der Waals surface area contributed by atoms with Crippen molar-refractivity contribution in [3.05, 3.63) is 57.7 Å². The van der Waals surface area contributed by atoms with Crippen LogP contribution in [0.5, 0.6) is 5.75 Å².